The average molecular weight is 260 g/mol. The molecule has 0 radical (unpaired) electrons. The molecule has 2 rings (SSSR count). The monoisotopic (exact) mass is 260 g/mol. The molecule has 0 aromatic heterocycles. The first kappa shape index (κ1) is 13.7. The fourth-order valence-corrected chi connectivity index (χ4v) is 2.47. The molecule has 0 amide bonds. The average Bonchev–Trinajstić information content (AvgIpc) is 2.74. The van der Waals surface area contributed by atoms with Crippen LogP contribution in [0.3, 0.4) is 0 Å². The number of carbonyl (C=O) groups excluding carboxylic acids is 1. The Kier molecular flexibility index (Phi) is 3.91. The Morgan fingerprint density at radius 3 is 2.44 bits per heavy atom. The molecule has 6 nitrogen and oxygen atoms in total. The first-order chi connectivity index (χ1) is 8.46. The number of hydrogen-bond acceptors (Lipinski definition) is 6. The van der Waals surface area contributed by atoms with Gasteiger partial charge in [-0.1, -0.05) is 0 Å². The van der Waals surface area contributed by atoms with Crippen molar-refractivity contribution in [3.63, 3.8) is 0 Å². The van der Waals surface area contributed by atoms with Gasteiger partial charge in [-0.3, -0.25) is 4.79 Å². The zero-order chi connectivity index (χ0) is 13.3. The Labute approximate surface area is 106 Å². The summed E-state index contributed by atoms with van der Waals surface area (Å²) in [7, 11) is 0. The maximum absolute atomic E-state index is 11.5. The predicted molar refractivity (Wildman–Crippen MR) is 60.8 cm³/mol. The summed E-state index contributed by atoms with van der Waals surface area (Å²) in [5, 5.41) is 9.26. The molecule has 2 aliphatic rings. The van der Waals surface area contributed by atoms with Crippen molar-refractivity contribution in [3.05, 3.63) is 0 Å². The molecule has 104 valence electrons. The molecule has 1 N–H and O–H groups in total. The predicted octanol–water partition coefficient (Wildman–Crippen LogP) is 0.219. The summed E-state index contributed by atoms with van der Waals surface area (Å²) in [5.74, 6) is -1.03. The molecular formula is C12H20O6. The molecule has 2 heterocycles. The molecule has 0 spiro atoms. The van der Waals surface area contributed by atoms with Gasteiger partial charge in [0.05, 0.1) is 25.7 Å². The van der Waals surface area contributed by atoms with Gasteiger partial charge >= 0.3 is 5.97 Å². The van der Waals surface area contributed by atoms with E-state index in [0.29, 0.717) is 6.61 Å². The summed E-state index contributed by atoms with van der Waals surface area (Å²) >= 11 is 0. The van der Waals surface area contributed by atoms with Gasteiger partial charge in [0.15, 0.2) is 5.79 Å². The summed E-state index contributed by atoms with van der Waals surface area (Å²) in [4.78, 5) is 11.5. The van der Waals surface area contributed by atoms with Crippen molar-refractivity contribution >= 4 is 5.97 Å². The molecule has 2 fully saturated rings. The normalized spacial score (nSPS) is 37.6. The number of rotatable bonds is 4. The fourth-order valence-electron chi connectivity index (χ4n) is 2.47. The summed E-state index contributed by atoms with van der Waals surface area (Å²) in [6, 6.07) is 0. The topological polar surface area (TPSA) is 74.2 Å². The highest BCUT2D eigenvalue weighted by Gasteiger charge is 2.55. The van der Waals surface area contributed by atoms with E-state index in [4.69, 9.17) is 18.9 Å². The SMILES string of the molecule is CCOC(=O)C[C@@H]1O[C@H](CO)[C@H]2OC(C)(C)O[C@H]21. The lowest BCUT2D eigenvalue weighted by molar-refractivity contribution is -0.193. The largest absolute Gasteiger partial charge is 0.466 e. The highest BCUT2D eigenvalue weighted by molar-refractivity contribution is 5.70. The van der Waals surface area contributed by atoms with E-state index >= 15 is 0 Å². The maximum atomic E-state index is 11.5. The van der Waals surface area contributed by atoms with Crippen molar-refractivity contribution < 1.29 is 28.8 Å². The Balaban J connectivity index is 2.02. The third-order valence-corrected chi connectivity index (χ3v) is 3.10. The number of aliphatic hydroxyl groups excluding tert-OH is 1. The zero-order valence-electron chi connectivity index (χ0n) is 10.9. The second-order valence-corrected chi connectivity index (χ2v) is 4.97. The van der Waals surface area contributed by atoms with Gasteiger partial charge in [-0.15, -0.1) is 0 Å². The summed E-state index contributed by atoms with van der Waals surface area (Å²) in [6.07, 6.45) is -1.42. The molecule has 0 aromatic carbocycles. The molecule has 0 aromatic rings. The number of carbonyl (C=O) groups is 1. The lowest BCUT2D eigenvalue weighted by atomic mass is 10.1. The minimum absolute atomic E-state index is 0.116. The van der Waals surface area contributed by atoms with E-state index in [0.717, 1.165) is 0 Å². The molecule has 4 atom stereocenters. The lowest BCUT2D eigenvalue weighted by Gasteiger charge is -2.23. The molecule has 0 bridgehead atoms. The van der Waals surface area contributed by atoms with E-state index in [1.165, 1.54) is 0 Å². The van der Waals surface area contributed by atoms with Crippen LogP contribution in [-0.2, 0) is 23.7 Å². The lowest BCUT2D eigenvalue weighted by Crippen LogP contribution is -2.32. The van der Waals surface area contributed by atoms with Crippen LogP contribution in [0.15, 0.2) is 0 Å². The van der Waals surface area contributed by atoms with Crippen molar-refractivity contribution in [1.29, 1.82) is 0 Å². The third kappa shape index (κ3) is 2.66. The molecule has 6 heteroatoms. The van der Waals surface area contributed by atoms with E-state index in [1.54, 1.807) is 20.8 Å². The highest BCUT2D eigenvalue weighted by Crippen LogP contribution is 2.39. The maximum Gasteiger partial charge on any atom is 0.308 e. The Bertz CT molecular complexity index is 316. The van der Waals surface area contributed by atoms with Crippen molar-refractivity contribution in [3.8, 4) is 0 Å². The molecule has 0 unspecified atom stereocenters. The second kappa shape index (κ2) is 5.13. The minimum atomic E-state index is -0.709. The second-order valence-electron chi connectivity index (χ2n) is 4.97. The van der Waals surface area contributed by atoms with Crippen molar-refractivity contribution in [2.75, 3.05) is 13.2 Å². The number of hydrogen-bond donors (Lipinski definition) is 1. The Morgan fingerprint density at radius 1 is 1.28 bits per heavy atom. The van der Waals surface area contributed by atoms with Crippen LogP contribution in [0.1, 0.15) is 27.2 Å². The Morgan fingerprint density at radius 2 is 1.89 bits per heavy atom. The number of esters is 1. The Hall–Kier alpha value is -0.690. The van der Waals surface area contributed by atoms with Crippen molar-refractivity contribution in [1.82, 2.24) is 0 Å². The van der Waals surface area contributed by atoms with Gasteiger partial charge in [-0.25, -0.2) is 0 Å². The first-order valence-electron chi connectivity index (χ1n) is 6.24. The summed E-state index contributed by atoms with van der Waals surface area (Å²) in [5.41, 5.74) is 0. The third-order valence-electron chi connectivity index (χ3n) is 3.10. The first-order valence-corrected chi connectivity index (χ1v) is 6.24. The quantitative estimate of drug-likeness (QED) is 0.729. The van der Waals surface area contributed by atoms with Gasteiger partial charge < -0.3 is 24.1 Å². The zero-order valence-corrected chi connectivity index (χ0v) is 10.9. The van der Waals surface area contributed by atoms with Crippen LogP contribution >= 0.6 is 0 Å². The summed E-state index contributed by atoms with van der Waals surface area (Å²) < 4.78 is 21.9. The minimum Gasteiger partial charge on any atom is -0.466 e. The van der Waals surface area contributed by atoms with Gasteiger partial charge in [0.2, 0.25) is 0 Å². The molecule has 2 aliphatic heterocycles. The van der Waals surface area contributed by atoms with Gasteiger partial charge in [0, 0.05) is 0 Å². The number of ether oxygens (including phenoxy) is 4. The smallest absolute Gasteiger partial charge is 0.308 e. The van der Waals surface area contributed by atoms with Crippen LogP contribution in [-0.4, -0.2) is 54.5 Å². The van der Waals surface area contributed by atoms with Gasteiger partial charge in [-0.05, 0) is 20.8 Å². The molecular weight excluding hydrogens is 240 g/mol. The van der Waals surface area contributed by atoms with E-state index in [9.17, 15) is 9.90 Å². The van der Waals surface area contributed by atoms with Crippen LogP contribution in [0.25, 0.3) is 0 Å². The molecule has 2 saturated heterocycles. The molecule has 18 heavy (non-hydrogen) atoms. The van der Waals surface area contributed by atoms with Crippen molar-refractivity contribution in [2.24, 2.45) is 0 Å². The fraction of sp³-hybridized carbons (Fsp3) is 0.917. The molecule has 0 aliphatic carbocycles. The van der Waals surface area contributed by atoms with E-state index in [2.05, 4.69) is 0 Å². The van der Waals surface area contributed by atoms with E-state index < -0.39 is 18.0 Å². The molecule has 0 saturated carbocycles. The van der Waals surface area contributed by atoms with Crippen LogP contribution in [0, 0.1) is 0 Å². The standard InChI is InChI=1S/C12H20O6/c1-4-15-9(14)5-7-10-11(8(6-13)16-7)18-12(2,3)17-10/h7-8,10-11,13H,4-6H2,1-3H3/t7-,8+,10-,11+/m0/s1. The number of fused-ring (bicyclic) bond motifs is 1. The van der Waals surface area contributed by atoms with Gasteiger partial charge in [-0.2, -0.15) is 0 Å². The van der Waals surface area contributed by atoms with Crippen LogP contribution in [0.2, 0.25) is 0 Å². The van der Waals surface area contributed by atoms with Crippen LogP contribution in [0.4, 0.5) is 0 Å². The summed E-state index contributed by atoms with van der Waals surface area (Å²) in [6.45, 7) is 5.55. The van der Waals surface area contributed by atoms with E-state index in [1.807, 2.05) is 0 Å². The van der Waals surface area contributed by atoms with Gasteiger partial charge in [0.1, 0.15) is 18.3 Å². The van der Waals surface area contributed by atoms with Crippen LogP contribution in [0.5, 0.6) is 0 Å². The van der Waals surface area contributed by atoms with E-state index in [-0.39, 0.29) is 31.2 Å². The highest BCUT2D eigenvalue weighted by atomic mass is 16.8. The van der Waals surface area contributed by atoms with Gasteiger partial charge in [0.25, 0.3) is 0 Å². The van der Waals surface area contributed by atoms with Crippen LogP contribution < -0.4 is 0 Å². The van der Waals surface area contributed by atoms with Crippen molar-refractivity contribution in [2.45, 2.75) is 57.4 Å². The number of aliphatic hydroxyl groups is 1.